The molecule has 5 nitrogen and oxygen atoms in total. The van der Waals surface area contributed by atoms with Gasteiger partial charge in [-0.15, -0.1) is 0 Å². The number of H-pyrrole nitrogens is 1. The monoisotopic (exact) mass is 325 g/mol. The van der Waals surface area contributed by atoms with Crippen LogP contribution in [0.2, 0.25) is 5.02 Å². The smallest absolute Gasteiger partial charge is 0.271 e. The first-order valence-corrected chi connectivity index (χ1v) is 7.21. The lowest BCUT2D eigenvalue weighted by molar-refractivity contribution is 0.102. The summed E-state index contributed by atoms with van der Waals surface area (Å²) in [5.41, 5.74) is 1.83. The highest BCUT2D eigenvalue weighted by atomic mass is 35.5. The first-order chi connectivity index (χ1) is 11.1. The van der Waals surface area contributed by atoms with Crippen molar-refractivity contribution >= 4 is 23.2 Å². The minimum Gasteiger partial charge on any atom is -0.327 e. The van der Waals surface area contributed by atoms with E-state index in [0.29, 0.717) is 10.6 Å². The Balaban J connectivity index is 1.91. The molecule has 23 heavy (non-hydrogen) atoms. The number of halogens is 1. The van der Waals surface area contributed by atoms with Crippen LogP contribution in [0.15, 0.2) is 65.8 Å². The Bertz CT molecular complexity index is 907. The van der Waals surface area contributed by atoms with Gasteiger partial charge in [0.25, 0.3) is 11.5 Å². The second-order valence-corrected chi connectivity index (χ2v) is 5.27. The lowest BCUT2D eigenvalue weighted by atomic mass is 10.1. The van der Waals surface area contributed by atoms with E-state index in [-0.39, 0.29) is 11.2 Å². The SMILES string of the molecule is O=C(Nc1cc(-c2ccncc2)c[nH]c1=O)c1cccc(Cl)c1. The second kappa shape index (κ2) is 6.46. The maximum absolute atomic E-state index is 12.2. The lowest BCUT2D eigenvalue weighted by Gasteiger charge is -2.07. The molecule has 0 unspecified atom stereocenters. The van der Waals surface area contributed by atoms with E-state index in [1.54, 1.807) is 42.9 Å². The van der Waals surface area contributed by atoms with E-state index in [1.165, 1.54) is 6.07 Å². The Morgan fingerprint density at radius 3 is 2.61 bits per heavy atom. The Kier molecular flexibility index (Phi) is 4.21. The third-order valence-electron chi connectivity index (χ3n) is 3.25. The Labute approximate surface area is 137 Å². The third-order valence-corrected chi connectivity index (χ3v) is 3.49. The summed E-state index contributed by atoms with van der Waals surface area (Å²) in [6.45, 7) is 0. The molecule has 0 atom stereocenters. The predicted molar refractivity (Wildman–Crippen MR) is 89.7 cm³/mol. The van der Waals surface area contributed by atoms with Crippen molar-refractivity contribution in [2.24, 2.45) is 0 Å². The van der Waals surface area contributed by atoms with Crippen LogP contribution in [0.25, 0.3) is 11.1 Å². The van der Waals surface area contributed by atoms with Crippen molar-refractivity contribution in [2.45, 2.75) is 0 Å². The summed E-state index contributed by atoms with van der Waals surface area (Å²) in [7, 11) is 0. The van der Waals surface area contributed by atoms with Crippen molar-refractivity contribution in [2.75, 3.05) is 5.32 Å². The Hall–Kier alpha value is -2.92. The molecule has 3 aromatic rings. The fraction of sp³-hybridized carbons (Fsp3) is 0. The van der Waals surface area contributed by atoms with E-state index < -0.39 is 5.91 Å². The van der Waals surface area contributed by atoms with E-state index >= 15 is 0 Å². The topological polar surface area (TPSA) is 74.8 Å². The van der Waals surface area contributed by atoms with Crippen molar-refractivity contribution in [3.8, 4) is 11.1 Å². The van der Waals surface area contributed by atoms with Crippen molar-refractivity contribution in [1.82, 2.24) is 9.97 Å². The summed E-state index contributed by atoms with van der Waals surface area (Å²) in [4.78, 5) is 30.7. The van der Waals surface area contributed by atoms with Crippen molar-refractivity contribution in [1.29, 1.82) is 0 Å². The number of carbonyl (C=O) groups is 1. The molecule has 2 heterocycles. The zero-order chi connectivity index (χ0) is 16.2. The second-order valence-electron chi connectivity index (χ2n) is 4.83. The van der Waals surface area contributed by atoms with Crippen LogP contribution in [0, 0.1) is 0 Å². The molecule has 0 bridgehead atoms. The highest BCUT2D eigenvalue weighted by Gasteiger charge is 2.10. The number of hydrogen-bond acceptors (Lipinski definition) is 3. The van der Waals surface area contributed by atoms with Crippen molar-refractivity contribution in [3.05, 3.63) is 82.0 Å². The molecule has 0 saturated heterocycles. The van der Waals surface area contributed by atoms with E-state index in [0.717, 1.165) is 11.1 Å². The summed E-state index contributed by atoms with van der Waals surface area (Å²) in [5.74, 6) is -0.398. The molecule has 0 aliphatic carbocycles. The van der Waals surface area contributed by atoms with Crippen LogP contribution in [-0.4, -0.2) is 15.9 Å². The number of nitrogens with one attached hydrogen (secondary N) is 2. The number of amides is 1. The largest absolute Gasteiger partial charge is 0.327 e. The van der Waals surface area contributed by atoms with Crippen molar-refractivity contribution < 1.29 is 4.79 Å². The standard InChI is InChI=1S/C17H12ClN3O2/c18-14-3-1-2-12(8-14)16(22)21-15-9-13(10-20-17(15)23)11-4-6-19-7-5-11/h1-10H,(H,20,23)(H,21,22). The number of pyridine rings is 2. The molecule has 0 saturated carbocycles. The predicted octanol–water partition coefficient (Wildman–Crippen LogP) is 3.34. The van der Waals surface area contributed by atoms with Crippen LogP contribution in [0.5, 0.6) is 0 Å². The number of benzene rings is 1. The van der Waals surface area contributed by atoms with Crippen LogP contribution >= 0.6 is 11.6 Å². The normalized spacial score (nSPS) is 10.3. The number of anilines is 1. The minimum atomic E-state index is -0.398. The highest BCUT2D eigenvalue weighted by molar-refractivity contribution is 6.31. The van der Waals surface area contributed by atoms with Gasteiger partial charge in [-0.1, -0.05) is 17.7 Å². The molecule has 0 fully saturated rings. The van der Waals surface area contributed by atoms with E-state index in [1.807, 2.05) is 12.1 Å². The summed E-state index contributed by atoms with van der Waals surface area (Å²) in [6, 6.07) is 11.8. The van der Waals surface area contributed by atoms with Gasteiger partial charge < -0.3 is 10.3 Å². The van der Waals surface area contributed by atoms with Gasteiger partial charge in [0.15, 0.2) is 0 Å². The fourth-order valence-electron chi connectivity index (χ4n) is 2.11. The number of hydrogen-bond donors (Lipinski definition) is 2. The van der Waals surface area contributed by atoms with Gasteiger partial charge in [-0.2, -0.15) is 0 Å². The zero-order valence-corrected chi connectivity index (χ0v) is 12.7. The lowest BCUT2D eigenvalue weighted by Crippen LogP contribution is -2.19. The first-order valence-electron chi connectivity index (χ1n) is 6.83. The van der Waals surface area contributed by atoms with Gasteiger partial charge in [0.2, 0.25) is 0 Å². The molecular weight excluding hydrogens is 314 g/mol. The molecule has 3 rings (SSSR count). The summed E-state index contributed by atoms with van der Waals surface area (Å²) >= 11 is 5.87. The Morgan fingerprint density at radius 1 is 1.09 bits per heavy atom. The molecule has 114 valence electrons. The average molecular weight is 326 g/mol. The molecule has 2 N–H and O–H groups in total. The molecule has 2 aromatic heterocycles. The number of aromatic nitrogens is 2. The summed E-state index contributed by atoms with van der Waals surface area (Å²) in [5, 5.41) is 3.06. The molecule has 1 amide bonds. The van der Waals surface area contributed by atoms with Crippen LogP contribution < -0.4 is 10.9 Å². The average Bonchev–Trinajstić information content (AvgIpc) is 2.57. The minimum absolute atomic E-state index is 0.171. The van der Waals surface area contributed by atoms with Crippen molar-refractivity contribution in [3.63, 3.8) is 0 Å². The van der Waals surface area contributed by atoms with Gasteiger partial charge in [-0.3, -0.25) is 14.6 Å². The molecule has 0 spiro atoms. The maximum atomic E-state index is 12.2. The van der Waals surface area contributed by atoms with Crippen LogP contribution in [0.4, 0.5) is 5.69 Å². The van der Waals surface area contributed by atoms with E-state index in [4.69, 9.17) is 11.6 Å². The molecule has 1 aromatic carbocycles. The van der Waals surface area contributed by atoms with Gasteiger partial charge in [0.05, 0.1) is 0 Å². The quantitative estimate of drug-likeness (QED) is 0.775. The van der Waals surface area contributed by atoms with E-state index in [2.05, 4.69) is 15.3 Å². The van der Waals surface area contributed by atoms with Crippen LogP contribution in [0.3, 0.4) is 0 Å². The van der Waals surface area contributed by atoms with Crippen LogP contribution in [-0.2, 0) is 0 Å². The summed E-state index contributed by atoms with van der Waals surface area (Å²) in [6.07, 6.45) is 4.90. The van der Waals surface area contributed by atoms with Gasteiger partial charge in [0, 0.05) is 34.7 Å². The third kappa shape index (κ3) is 3.46. The highest BCUT2D eigenvalue weighted by Crippen LogP contribution is 2.19. The van der Waals surface area contributed by atoms with Gasteiger partial charge in [0.1, 0.15) is 5.69 Å². The summed E-state index contributed by atoms with van der Waals surface area (Å²) < 4.78 is 0. The molecule has 0 aliphatic heterocycles. The molecule has 0 aliphatic rings. The molecular formula is C17H12ClN3O2. The number of carbonyl (C=O) groups excluding carboxylic acids is 1. The van der Waals surface area contributed by atoms with Crippen LogP contribution in [0.1, 0.15) is 10.4 Å². The maximum Gasteiger partial charge on any atom is 0.271 e. The number of nitrogens with zero attached hydrogens (tertiary/aromatic N) is 1. The van der Waals surface area contributed by atoms with Gasteiger partial charge >= 0.3 is 0 Å². The Morgan fingerprint density at radius 2 is 1.87 bits per heavy atom. The number of rotatable bonds is 3. The van der Waals surface area contributed by atoms with E-state index in [9.17, 15) is 9.59 Å². The van der Waals surface area contributed by atoms with Gasteiger partial charge in [-0.25, -0.2) is 0 Å². The van der Waals surface area contributed by atoms with Gasteiger partial charge in [-0.05, 0) is 42.0 Å². The first kappa shape index (κ1) is 15.0. The molecule has 6 heteroatoms. The number of aromatic amines is 1. The fourth-order valence-corrected chi connectivity index (χ4v) is 2.30. The zero-order valence-electron chi connectivity index (χ0n) is 11.9. The molecule has 0 radical (unpaired) electrons.